The number of ketones is 1. The largest absolute Gasteiger partial charge is 0.294 e. The normalized spacial score (nSPS) is 19.2. The van der Waals surface area contributed by atoms with Crippen LogP contribution in [-0.2, 0) is 13.7 Å². The molecule has 0 bridgehead atoms. The van der Waals surface area contributed by atoms with Crippen LogP contribution in [0.2, 0.25) is 0 Å². The number of nitrogens with zero attached hydrogens (tertiary/aromatic N) is 3. The smallest absolute Gasteiger partial charge is 0.292 e. The molecule has 0 radical (unpaired) electrons. The highest BCUT2D eigenvalue weighted by Crippen LogP contribution is 2.71. The Balaban J connectivity index is 1.67. The van der Waals surface area contributed by atoms with Gasteiger partial charge in [0.2, 0.25) is 0 Å². The second kappa shape index (κ2) is 9.39. The summed E-state index contributed by atoms with van der Waals surface area (Å²) in [5.74, 6) is -0.179. The summed E-state index contributed by atoms with van der Waals surface area (Å²) >= 11 is 3.02. The van der Waals surface area contributed by atoms with Gasteiger partial charge in [-0.2, -0.15) is 5.10 Å². The van der Waals surface area contributed by atoms with Crippen molar-refractivity contribution >= 4 is 45.7 Å². The number of benzene rings is 4. The minimum atomic E-state index is -0.959. The van der Waals surface area contributed by atoms with Crippen molar-refractivity contribution in [2.45, 2.75) is 29.7 Å². The molecule has 4 aromatic rings. The third-order valence-electron chi connectivity index (χ3n) is 7.17. The third-order valence-corrected chi connectivity index (χ3v) is 10.6. The maximum Gasteiger partial charge on any atom is 0.294 e. The Labute approximate surface area is 235 Å². The average Bonchev–Trinajstić information content (AvgIpc) is 3.47. The molecule has 0 fully saturated rings. The van der Waals surface area contributed by atoms with Crippen molar-refractivity contribution in [3.63, 3.8) is 0 Å². The molecule has 2 heterocycles. The lowest BCUT2D eigenvalue weighted by atomic mass is 9.81. The highest BCUT2D eigenvalue weighted by molar-refractivity contribution is 8.27. The van der Waals surface area contributed by atoms with Gasteiger partial charge in [-0.05, 0) is 36.6 Å². The second-order valence-corrected chi connectivity index (χ2v) is 12.6. The van der Waals surface area contributed by atoms with Crippen LogP contribution in [0.4, 0.5) is 11.4 Å². The molecule has 0 aliphatic carbocycles. The zero-order chi connectivity index (χ0) is 27.4. The quantitative estimate of drug-likeness (QED) is 0.189. The molecule has 0 aromatic heterocycles. The van der Waals surface area contributed by atoms with E-state index >= 15 is 0 Å². The number of rotatable bonds is 5. The van der Waals surface area contributed by atoms with Crippen molar-refractivity contribution in [2.24, 2.45) is 5.10 Å². The molecule has 6 rings (SSSR count). The van der Waals surface area contributed by atoms with Crippen molar-refractivity contribution in [1.82, 2.24) is 0 Å². The number of thioether (sulfide) groups is 2. The minimum absolute atomic E-state index is 0.0627. The lowest BCUT2D eigenvalue weighted by molar-refractivity contribution is -0.384. The highest BCUT2D eigenvalue weighted by atomic mass is 32.2. The summed E-state index contributed by atoms with van der Waals surface area (Å²) in [6, 6.07) is 31.8. The number of nitro groups is 1. The van der Waals surface area contributed by atoms with Crippen LogP contribution in [0.25, 0.3) is 0 Å². The van der Waals surface area contributed by atoms with Crippen molar-refractivity contribution < 1.29 is 9.72 Å². The first kappa shape index (κ1) is 25.4. The Morgan fingerprint density at radius 3 is 1.92 bits per heavy atom. The predicted octanol–water partition coefficient (Wildman–Crippen LogP) is 7.52. The van der Waals surface area contributed by atoms with Crippen LogP contribution in [0.15, 0.2) is 102 Å². The SMILES string of the molecule is CC(=O)C1=NN(c2ccccc2[N+](=O)[O-])C2(S1)SC(c1ccc(C)cc1)(c1ccc(C)cc1)c1ccccc12. The Morgan fingerprint density at radius 2 is 1.36 bits per heavy atom. The maximum absolute atomic E-state index is 12.7. The number of nitro benzene ring substituents is 1. The fourth-order valence-corrected chi connectivity index (χ4v) is 8.84. The van der Waals surface area contributed by atoms with E-state index < -0.39 is 13.9 Å². The van der Waals surface area contributed by atoms with Gasteiger partial charge in [0.05, 0.1) is 9.67 Å². The summed E-state index contributed by atoms with van der Waals surface area (Å²) < 4.78 is -1.62. The van der Waals surface area contributed by atoms with E-state index in [1.807, 2.05) is 12.1 Å². The predicted molar refractivity (Wildman–Crippen MR) is 159 cm³/mol. The zero-order valence-electron chi connectivity index (χ0n) is 21.6. The lowest BCUT2D eigenvalue weighted by Gasteiger charge is -2.37. The molecule has 1 unspecified atom stereocenters. The zero-order valence-corrected chi connectivity index (χ0v) is 23.3. The van der Waals surface area contributed by atoms with Gasteiger partial charge in [-0.25, -0.2) is 5.01 Å². The summed E-state index contributed by atoms with van der Waals surface area (Å²) in [4.78, 5) is 24.5. The van der Waals surface area contributed by atoms with E-state index in [0.29, 0.717) is 10.7 Å². The fourth-order valence-electron chi connectivity index (χ4n) is 5.29. The Bertz CT molecular complexity index is 1610. The van der Waals surface area contributed by atoms with Crippen LogP contribution in [0.1, 0.15) is 40.3 Å². The van der Waals surface area contributed by atoms with Gasteiger partial charge in [-0.15, -0.1) is 0 Å². The fraction of sp³-hybridized carbons (Fsp3) is 0.161. The standard InChI is InChI=1S/C31H25N3O3S2/c1-20-12-16-23(17-13-20)30(24-18-14-21(2)15-19-24)25-8-4-5-9-26(25)31(39-30)33(32-29(38-31)22(3)35)27-10-6-7-11-28(27)34(36)37/h4-19H,1-3H3. The van der Waals surface area contributed by atoms with Crippen molar-refractivity contribution in [2.75, 3.05) is 5.01 Å². The number of aryl methyl sites for hydroxylation is 2. The van der Waals surface area contributed by atoms with Gasteiger partial charge >= 0.3 is 0 Å². The highest BCUT2D eigenvalue weighted by Gasteiger charge is 2.62. The van der Waals surface area contributed by atoms with Gasteiger partial charge in [0.1, 0.15) is 5.69 Å². The first-order valence-corrected chi connectivity index (χ1v) is 14.2. The number of hydrazone groups is 1. The van der Waals surface area contributed by atoms with Crippen LogP contribution in [0.5, 0.6) is 0 Å². The number of carbonyl (C=O) groups excluding carboxylic acids is 1. The van der Waals surface area contributed by atoms with Gasteiger partial charge in [0.15, 0.2) is 15.0 Å². The van der Waals surface area contributed by atoms with Gasteiger partial charge in [0, 0.05) is 18.6 Å². The van der Waals surface area contributed by atoms with Crippen LogP contribution in [0.3, 0.4) is 0 Å². The van der Waals surface area contributed by atoms with Crippen LogP contribution in [0, 0.1) is 24.0 Å². The summed E-state index contributed by atoms with van der Waals surface area (Å²) in [7, 11) is 0. The molecule has 0 saturated heterocycles. The molecule has 1 spiro atoms. The molecule has 6 nitrogen and oxygen atoms in total. The number of hydrogen-bond acceptors (Lipinski definition) is 7. The second-order valence-electron chi connectivity index (χ2n) is 9.76. The van der Waals surface area contributed by atoms with Crippen LogP contribution < -0.4 is 5.01 Å². The number of Topliss-reactive ketones (excluding diaryl/α,β-unsaturated/α-hetero) is 1. The van der Waals surface area contributed by atoms with Gasteiger partial charge in [-0.1, -0.05) is 120 Å². The molecule has 2 aliphatic heterocycles. The minimum Gasteiger partial charge on any atom is -0.292 e. The van der Waals surface area contributed by atoms with E-state index in [-0.39, 0.29) is 11.5 Å². The topological polar surface area (TPSA) is 75.8 Å². The van der Waals surface area contributed by atoms with Crippen molar-refractivity contribution in [3.05, 3.63) is 141 Å². The molecular formula is C31H25N3O3S2. The monoisotopic (exact) mass is 551 g/mol. The van der Waals surface area contributed by atoms with E-state index in [0.717, 1.165) is 33.4 Å². The molecule has 2 aliphatic rings. The molecule has 0 amide bonds. The molecule has 39 heavy (non-hydrogen) atoms. The number of anilines is 1. The van der Waals surface area contributed by atoms with E-state index in [2.05, 4.69) is 74.5 Å². The third kappa shape index (κ3) is 3.89. The molecule has 4 aromatic carbocycles. The molecular weight excluding hydrogens is 526 g/mol. The average molecular weight is 552 g/mol. The van der Waals surface area contributed by atoms with Crippen molar-refractivity contribution in [1.29, 1.82) is 0 Å². The maximum atomic E-state index is 12.7. The van der Waals surface area contributed by atoms with Gasteiger partial charge in [0.25, 0.3) is 5.69 Å². The van der Waals surface area contributed by atoms with Crippen molar-refractivity contribution in [3.8, 4) is 0 Å². The number of para-hydroxylation sites is 2. The van der Waals surface area contributed by atoms with Gasteiger partial charge in [-0.3, -0.25) is 14.9 Å². The van der Waals surface area contributed by atoms with E-state index in [1.54, 1.807) is 35.0 Å². The molecule has 194 valence electrons. The molecule has 1 atom stereocenters. The number of fused-ring (bicyclic) bond motifs is 2. The molecule has 8 heteroatoms. The summed E-state index contributed by atoms with van der Waals surface area (Å²) in [6.07, 6.45) is 0. The van der Waals surface area contributed by atoms with Crippen LogP contribution in [-0.4, -0.2) is 15.8 Å². The lowest BCUT2D eigenvalue weighted by Crippen LogP contribution is -2.34. The van der Waals surface area contributed by atoms with Gasteiger partial charge < -0.3 is 0 Å². The molecule has 0 saturated carbocycles. The first-order valence-electron chi connectivity index (χ1n) is 12.5. The molecule has 0 N–H and O–H groups in total. The van der Waals surface area contributed by atoms with E-state index in [1.165, 1.54) is 24.8 Å². The first-order chi connectivity index (χ1) is 18.8. The Hall–Kier alpha value is -3.88. The van der Waals surface area contributed by atoms with E-state index in [4.69, 9.17) is 5.10 Å². The number of hydrogen-bond donors (Lipinski definition) is 0. The Morgan fingerprint density at radius 1 is 0.821 bits per heavy atom. The summed E-state index contributed by atoms with van der Waals surface area (Å²) in [5.41, 5.74) is 6.80. The van der Waals surface area contributed by atoms with Crippen LogP contribution >= 0.6 is 23.5 Å². The Kier molecular flexibility index (Phi) is 6.12. The van der Waals surface area contributed by atoms with E-state index in [9.17, 15) is 14.9 Å². The summed E-state index contributed by atoms with van der Waals surface area (Å²) in [6.45, 7) is 5.62. The number of carbonyl (C=O) groups is 1. The summed E-state index contributed by atoms with van der Waals surface area (Å²) in [5, 5.41) is 18.9.